The Hall–Kier alpha value is -1.06. The molecule has 0 saturated heterocycles. The molecule has 0 bridgehead atoms. The molecule has 1 amide bonds. The van der Waals surface area contributed by atoms with Crippen molar-refractivity contribution in [3.05, 3.63) is 0 Å². The molecule has 0 unspecified atom stereocenters. The number of nitrogens with one attached hydrogen (secondary N) is 1. The van der Waals surface area contributed by atoms with E-state index in [0.29, 0.717) is 12.3 Å². The fraction of sp³-hybridized carbons (Fsp3) is 0.818. The van der Waals surface area contributed by atoms with Crippen molar-refractivity contribution in [3.8, 4) is 0 Å². The quantitative estimate of drug-likeness (QED) is 0.744. The minimum Gasteiger partial charge on any atom is -0.481 e. The first-order valence-electron chi connectivity index (χ1n) is 5.63. The molecule has 15 heavy (non-hydrogen) atoms. The van der Waals surface area contributed by atoms with Crippen molar-refractivity contribution in [2.75, 3.05) is 0 Å². The van der Waals surface area contributed by atoms with E-state index in [9.17, 15) is 9.59 Å². The van der Waals surface area contributed by atoms with Crippen LogP contribution in [0.2, 0.25) is 0 Å². The van der Waals surface area contributed by atoms with E-state index in [1.54, 1.807) is 0 Å². The second-order valence-corrected chi connectivity index (χ2v) is 4.24. The highest BCUT2D eigenvalue weighted by Crippen LogP contribution is 2.26. The van der Waals surface area contributed by atoms with Crippen LogP contribution in [-0.2, 0) is 9.59 Å². The minimum atomic E-state index is -0.712. The van der Waals surface area contributed by atoms with Crippen LogP contribution in [0.3, 0.4) is 0 Å². The van der Waals surface area contributed by atoms with Gasteiger partial charge in [-0.15, -0.1) is 0 Å². The van der Waals surface area contributed by atoms with Gasteiger partial charge in [0.1, 0.15) is 0 Å². The minimum absolute atomic E-state index is 0.0942. The molecule has 0 aromatic heterocycles. The van der Waals surface area contributed by atoms with Crippen LogP contribution < -0.4 is 5.32 Å². The van der Waals surface area contributed by atoms with Crippen LogP contribution in [0.1, 0.15) is 45.4 Å². The second-order valence-electron chi connectivity index (χ2n) is 4.24. The summed E-state index contributed by atoms with van der Waals surface area (Å²) in [5.74, 6) is -0.315. The molecule has 1 fully saturated rings. The van der Waals surface area contributed by atoms with Crippen LogP contribution in [0.25, 0.3) is 0 Å². The van der Waals surface area contributed by atoms with Crippen molar-refractivity contribution in [3.63, 3.8) is 0 Å². The fourth-order valence-electron chi connectivity index (χ4n) is 2.09. The molecule has 0 atom stereocenters. The smallest absolute Gasteiger partial charge is 0.303 e. The fourth-order valence-corrected chi connectivity index (χ4v) is 2.09. The molecule has 0 aliphatic heterocycles. The maximum absolute atomic E-state index is 11.1. The van der Waals surface area contributed by atoms with E-state index in [1.807, 2.05) is 6.92 Å². The topological polar surface area (TPSA) is 66.4 Å². The number of hydrogen-bond donors (Lipinski definition) is 2. The predicted octanol–water partition coefficient (Wildman–Crippen LogP) is 1.55. The molecular weight excluding hydrogens is 194 g/mol. The molecule has 4 nitrogen and oxygen atoms in total. The van der Waals surface area contributed by atoms with Gasteiger partial charge in [0.15, 0.2) is 0 Å². The van der Waals surface area contributed by atoms with E-state index in [2.05, 4.69) is 5.32 Å². The Morgan fingerprint density at radius 3 is 2.33 bits per heavy atom. The summed E-state index contributed by atoms with van der Waals surface area (Å²) in [6.45, 7) is 1.84. The SMILES string of the molecule is CCC(=O)NC1CCC(CC(=O)O)CC1. The summed E-state index contributed by atoms with van der Waals surface area (Å²) in [6.07, 6.45) is 4.47. The average molecular weight is 213 g/mol. The third-order valence-corrected chi connectivity index (χ3v) is 3.00. The Bertz CT molecular complexity index is 232. The van der Waals surface area contributed by atoms with Gasteiger partial charge in [0.2, 0.25) is 5.91 Å². The van der Waals surface area contributed by atoms with E-state index in [1.165, 1.54) is 0 Å². The summed E-state index contributed by atoms with van der Waals surface area (Å²) in [7, 11) is 0. The van der Waals surface area contributed by atoms with E-state index in [-0.39, 0.29) is 18.4 Å². The lowest BCUT2D eigenvalue weighted by molar-refractivity contribution is -0.138. The number of carboxylic acid groups (broad SMARTS) is 1. The summed E-state index contributed by atoms with van der Waals surface area (Å²) in [6, 6.07) is 0.266. The molecular formula is C11H19NO3. The molecule has 1 aliphatic rings. The third kappa shape index (κ3) is 4.32. The van der Waals surface area contributed by atoms with Gasteiger partial charge in [0.05, 0.1) is 0 Å². The predicted molar refractivity (Wildman–Crippen MR) is 56.4 cm³/mol. The molecule has 0 aromatic carbocycles. The maximum Gasteiger partial charge on any atom is 0.303 e. The molecule has 1 saturated carbocycles. The van der Waals surface area contributed by atoms with E-state index in [4.69, 9.17) is 5.11 Å². The zero-order valence-electron chi connectivity index (χ0n) is 9.16. The number of aliphatic carboxylic acids is 1. The van der Waals surface area contributed by atoms with Crippen molar-refractivity contribution in [2.45, 2.75) is 51.5 Å². The lowest BCUT2D eigenvalue weighted by Gasteiger charge is -2.28. The monoisotopic (exact) mass is 213 g/mol. The Balaban J connectivity index is 2.23. The van der Waals surface area contributed by atoms with Crippen molar-refractivity contribution in [2.24, 2.45) is 5.92 Å². The first kappa shape index (κ1) is 12.0. The highest BCUT2D eigenvalue weighted by Gasteiger charge is 2.23. The molecule has 0 aromatic rings. The number of carbonyl (C=O) groups excluding carboxylic acids is 1. The number of rotatable bonds is 4. The van der Waals surface area contributed by atoms with Crippen molar-refractivity contribution in [1.82, 2.24) is 5.32 Å². The Morgan fingerprint density at radius 1 is 1.27 bits per heavy atom. The average Bonchev–Trinajstić information content (AvgIpc) is 2.20. The molecule has 1 rings (SSSR count). The highest BCUT2D eigenvalue weighted by atomic mass is 16.4. The van der Waals surface area contributed by atoms with Crippen LogP contribution in [0, 0.1) is 5.92 Å². The van der Waals surface area contributed by atoms with E-state index in [0.717, 1.165) is 25.7 Å². The van der Waals surface area contributed by atoms with Gasteiger partial charge in [0, 0.05) is 18.9 Å². The summed E-state index contributed by atoms with van der Waals surface area (Å²) in [4.78, 5) is 21.6. The van der Waals surface area contributed by atoms with Gasteiger partial charge in [-0.25, -0.2) is 0 Å². The summed E-state index contributed by atoms with van der Waals surface area (Å²) in [5.41, 5.74) is 0. The second kappa shape index (κ2) is 5.73. The molecule has 0 heterocycles. The number of carboxylic acids is 1. The van der Waals surface area contributed by atoms with Crippen LogP contribution in [0.4, 0.5) is 0 Å². The highest BCUT2D eigenvalue weighted by molar-refractivity contribution is 5.75. The van der Waals surface area contributed by atoms with Crippen LogP contribution in [0.5, 0.6) is 0 Å². The molecule has 2 N–H and O–H groups in total. The van der Waals surface area contributed by atoms with E-state index >= 15 is 0 Å². The Labute approximate surface area is 90.0 Å². The molecule has 1 aliphatic carbocycles. The largest absolute Gasteiger partial charge is 0.481 e. The first-order valence-corrected chi connectivity index (χ1v) is 5.63. The number of amides is 1. The normalized spacial score (nSPS) is 25.9. The Morgan fingerprint density at radius 2 is 1.87 bits per heavy atom. The third-order valence-electron chi connectivity index (χ3n) is 3.00. The lowest BCUT2D eigenvalue weighted by Crippen LogP contribution is -2.37. The Kier molecular flexibility index (Phi) is 4.59. The molecule has 0 radical (unpaired) electrons. The zero-order chi connectivity index (χ0) is 11.3. The van der Waals surface area contributed by atoms with Crippen LogP contribution >= 0.6 is 0 Å². The van der Waals surface area contributed by atoms with Crippen molar-refractivity contribution in [1.29, 1.82) is 0 Å². The van der Waals surface area contributed by atoms with Gasteiger partial charge in [0.25, 0.3) is 0 Å². The van der Waals surface area contributed by atoms with Crippen LogP contribution in [-0.4, -0.2) is 23.0 Å². The van der Waals surface area contributed by atoms with E-state index < -0.39 is 5.97 Å². The van der Waals surface area contributed by atoms with Crippen molar-refractivity contribution >= 4 is 11.9 Å². The zero-order valence-corrected chi connectivity index (χ0v) is 9.16. The summed E-state index contributed by atoms with van der Waals surface area (Å²) < 4.78 is 0. The van der Waals surface area contributed by atoms with Crippen LogP contribution in [0.15, 0.2) is 0 Å². The maximum atomic E-state index is 11.1. The molecule has 86 valence electrons. The first-order chi connectivity index (χ1) is 7.11. The van der Waals surface area contributed by atoms with Gasteiger partial charge in [-0.2, -0.15) is 0 Å². The van der Waals surface area contributed by atoms with Gasteiger partial charge in [-0.05, 0) is 31.6 Å². The van der Waals surface area contributed by atoms with Gasteiger partial charge in [-0.1, -0.05) is 6.92 Å². The number of carbonyl (C=O) groups is 2. The summed E-state index contributed by atoms with van der Waals surface area (Å²) >= 11 is 0. The van der Waals surface area contributed by atoms with Crippen molar-refractivity contribution < 1.29 is 14.7 Å². The molecule has 0 spiro atoms. The lowest BCUT2D eigenvalue weighted by atomic mass is 9.84. The van der Waals surface area contributed by atoms with Gasteiger partial charge < -0.3 is 10.4 Å². The summed E-state index contributed by atoms with van der Waals surface area (Å²) in [5, 5.41) is 11.6. The standard InChI is InChI=1S/C11H19NO3/c1-2-10(13)12-9-5-3-8(4-6-9)7-11(14)15/h8-9H,2-7H2,1H3,(H,12,13)(H,14,15). The number of hydrogen-bond acceptors (Lipinski definition) is 2. The van der Waals surface area contributed by atoms with Gasteiger partial charge >= 0.3 is 5.97 Å². The molecule has 4 heteroatoms. The van der Waals surface area contributed by atoms with Gasteiger partial charge in [-0.3, -0.25) is 9.59 Å².